The Morgan fingerprint density at radius 3 is 2.56 bits per heavy atom. The summed E-state index contributed by atoms with van der Waals surface area (Å²) in [6, 6.07) is 6.94. The van der Waals surface area contributed by atoms with Crippen LogP contribution in [-0.4, -0.2) is 31.9 Å². The van der Waals surface area contributed by atoms with E-state index in [9.17, 15) is 13.5 Å². The molecule has 102 valence electrons. The standard InChI is InChI=1S/C12H20N2O3S/c1-12(2,14-18(3,16)17)9-13-8-10-5-4-6-11(15)7-10/h4-7,13-15H,8-9H2,1-3H3. The molecule has 1 rings (SSSR count). The van der Waals surface area contributed by atoms with E-state index in [1.807, 2.05) is 19.9 Å². The van der Waals surface area contributed by atoms with Crippen molar-refractivity contribution in [2.45, 2.75) is 25.9 Å². The lowest BCUT2D eigenvalue weighted by molar-refractivity contribution is 0.420. The molecule has 18 heavy (non-hydrogen) atoms. The number of hydrogen-bond acceptors (Lipinski definition) is 4. The molecule has 5 nitrogen and oxygen atoms in total. The van der Waals surface area contributed by atoms with Gasteiger partial charge < -0.3 is 10.4 Å². The zero-order valence-electron chi connectivity index (χ0n) is 10.9. The maximum atomic E-state index is 11.2. The van der Waals surface area contributed by atoms with Crippen LogP contribution in [0.4, 0.5) is 0 Å². The molecule has 1 aromatic rings. The van der Waals surface area contributed by atoms with Gasteiger partial charge in [0.25, 0.3) is 0 Å². The first-order valence-electron chi connectivity index (χ1n) is 5.65. The Morgan fingerprint density at radius 2 is 2.00 bits per heavy atom. The van der Waals surface area contributed by atoms with Crippen LogP contribution in [0.3, 0.4) is 0 Å². The maximum Gasteiger partial charge on any atom is 0.209 e. The van der Waals surface area contributed by atoms with Crippen LogP contribution in [0.1, 0.15) is 19.4 Å². The van der Waals surface area contributed by atoms with Gasteiger partial charge in [0.05, 0.1) is 6.26 Å². The number of phenols is 1. The van der Waals surface area contributed by atoms with Crippen molar-refractivity contribution in [1.29, 1.82) is 0 Å². The number of aromatic hydroxyl groups is 1. The molecule has 6 heteroatoms. The van der Waals surface area contributed by atoms with Gasteiger partial charge in [-0.25, -0.2) is 13.1 Å². The molecule has 0 aliphatic heterocycles. The molecule has 0 amide bonds. The van der Waals surface area contributed by atoms with E-state index in [-0.39, 0.29) is 5.75 Å². The fraction of sp³-hybridized carbons (Fsp3) is 0.500. The molecule has 0 aliphatic rings. The van der Waals surface area contributed by atoms with E-state index in [0.29, 0.717) is 13.1 Å². The molecule has 0 spiro atoms. The van der Waals surface area contributed by atoms with E-state index < -0.39 is 15.6 Å². The number of phenolic OH excluding ortho intramolecular Hbond substituents is 1. The number of rotatable bonds is 6. The van der Waals surface area contributed by atoms with Gasteiger partial charge in [0.1, 0.15) is 5.75 Å². The van der Waals surface area contributed by atoms with Crippen molar-refractivity contribution in [3.63, 3.8) is 0 Å². The van der Waals surface area contributed by atoms with Crippen molar-refractivity contribution in [2.24, 2.45) is 0 Å². The molecule has 0 radical (unpaired) electrons. The first-order chi connectivity index (χ1) is 8.18. The zero-order valence-corrected chi connectivity index (χ0v) is 11.7. The fourth-order valence-corrected chi connectivity index (χ4v) is 2.80. The van der Waals surface area contributed by atoms with E-state index in [1.165, 1.54) is 0 Å². The van der Waals surface area contributed by atoms with Crippen LogP contribution in [0.25, 0.3) is 0 Å². The minimum absolute atomic E-state index is 0.225. The Morgan fingerprint density at radius 1 is 1.33 bits per heavy atom. The van der Waals surface area contributed by atoms with Crippen LogP contribution in [0, 0.1) is 0 Å². The first kappa shape index (κ1) is 14.9. The smallest absolute Gasteiger partial charge is 0.209 e. The number of hydrogen-bond donors (Lipinski definition) is 3. The predicted octanol–water partition coefficient (Wildman–Crippen LogP) is 0.810. The lowest BCUT2D eigenvalue weighted by Gasteiger charge is -2.25. The summed E-state index contributed by atoms with van der Waals surface area (Å²) in [5, 5.41) is 12.5. The van der Waals surface area contributed by atoms with Gasteiger partial charge in [-0.1, -0.05) is 12.1 Å². The molecule has 1 aromatic carbocycles. The van der Waals surface area contributed by atoms with Crippen molar-refractivity contribution >= 4 is 10.0 Å². The number of benzene rings is 1. The van der Waals surface area contributed by atoms with Crippen LogP contribution in [0.5, 0.6) is 5.75 Å². The maximum absolute atomic E-state index is 11.2. The van der Waals surface area contributed by atoms with Crippen molar-refractivity contribution < 1.29 is 13.5 Å². The highest BCUT2D eigenvalue weighted by Gasteiger charge is 2.21. The monoisotopic (exact) mass is 272 g/mol. The van der Waals surface area contributed by atoms with Gasteiger partial charge in [-0.2, -0.15) is 0 Å². The second kappa shape index (κ2) is 5.69. The lowest BCUT2D eigenvalue weighted by atomic mass is 10.1. The number of sulfonamides is 1. The second-order valence-electron chi connectivity index (χ2n) is 5.03. The second-order valence-corrected chi connectivity index (χ2v) is 6.78. The molecule has 0 aliphatic carbocycles. The third kappa shape index (κ3) is 6.00. The van der Waals surface area contributed by atoms with Gasteiger partial charge in [0, 0.05) is 18.6 Å². The summed E-state index contributed by atoms with van der Waals surface area (Å²) in [6.45, 7) is 4.69. The van der Waals surface area contributed by atoms with E-state index in [4.69, 9.17) is 0 Å². The molecule has 0 atom stereocenters. The Bertz CT molecular complexity index is 498. The quantitative estimate of drug-likeness (QED) is 0.716. The summed E-state index contributed by atoms with van der Waals surface area (Å²) in [6.07, 6.45) is 1.14. The summed E-state index contributed by atoms with van der Waals surface area (Å²) >= 11 is 0. The highest BCUT2D eigenvalue weighted by atomic mass is 32.2. The van der Waals surface area contributed by atoms with Gasteiger partial charge in [0.2, 0.25) is 10.0 Å². The fourth-order valence-electron chi connectivity index (χ4n) is 1.72. The molecule has 0 saturated carbocycles. The van der Waals surface area contributed by atoms with Gasteiger partial charge in [-0.15, -0.1) is 0 Å². The Kier molecular flexibility index (Phi) is 4.72. The summed E-state index contributed by atoms with van der Waals surface area (Å²) in [7, 11) is -3.21. The molecule has 0 heterocycles. The molecule has 3 N–H and O–H groups in total. The van der Waals surface area contributed by atoms with Crippen LogP contribution >= 0.6 is 0 Å². The molecule has 0 saturated heterocycles. The summed E-state index contributed by atoms with van der Waals surface area (Å²) in [5.74, 6) is 0.225. The van der Waals surface area contributed by atoms with Crippen molar-refractivity contribution in [3.8, 4) is 5.75 Å². The van der Waals surface area contributed by atoms with Gasteiger partial charge in [-0.05, 0) is 31.5 Å². The molecule has 0 aromatic heterocycles. The predicted molar refractivity (Wildman–Crippen MR) is 71.9 cm³/mol. The molecule has 0 unspecified atom stereocenters. The van der Waals surface area contributed by atoms with Gasteiger partial charge in [-0.3, -0.25) is 0 Å². The molecule has 0 bridgehead atoms. The van der Waals surface area contributed by atoms with Crippen molar-refractivity contribution in [1.82, 2.24) is 10.0 Å². The van der Waals surface area contributed by atoms with Crippen LogP contribution in [0.2, 0.25) is 0 Å². The van der Waals surface area contributed by atoms with Crippen LogP contribution < -0.4 is 10.0 Å². The minimum atomic E-state index is -3.21. The number of nitrogens with one attached hydrogen (secondary N) is 2. The summed E-state index contributed by atoms with van der Waals surface area (Å²) in [5.41, 5.74) is 0.398. The average molecular weight is 272 g/mol. The van der Waals surface area contributed by atoms with Gasteiger partial charge >= 0.3 is 0 Å². The van der Waals surface area contributed by atoms with Crippen molar-refractivity contribution in [3.05, 3.63) is 29.8 Å². The third-order valence-corrected chi connectivity index (χ3v) is 3.19. The lowest BCUT2D eigenvalue weighted by Crippen LogP contribution is -2.49. The first-order valence-corrected chi connectivity index (χ1v) is 7.55. The van der Waals surface area contributed by atoms with E-state index in [1.54, 1.807) is 18.2 Å². The Labute approximate surface area is 108 Å². The largest absolute Gasteiger partial charge is 0.508 e. The minimum Gasteiger partial charge on any atom is -0.508 e. The zero-order chi connectivity index (χ0) is 13.8. The van der Waals surface area contributed by atoms with Crippen LogP contribution in [-0.2, 0) is 16.6 Å². The molecular formula is C12H20N2O3S. The average Bonchev–Trinajstić information content (AvgIpc) is 2.13. The van der Waals surface area contributed by atoms with E-state index >= 15 is 0 Å². The van der Waals surface area contributed by atoms with Crippen LogP contribution in [0.15, 0.2) is 24.3 Å². The van der Waals surface area contributed by atoms with E-state index in [0.717, 1.165) is 11.8 Å². The van der Waals surface area contributed by atoms with Gasteiger partial charge in [0.15, 0.2) is 0 Å². The SMILES string of the molecule is CC(C)(CNCc1cccc(O)c1)NS(C)(=O)=O. The third-order valence-electron chi connectivity index (χ3n) is 2.27. The summed E-state index contributed by atoms with van der Waals surface area (Å²) < 4.78 is 24.9. The van der Waals surface area contributed by atoms with Crippen molar-refractivity contribution in [2.75, 3.05) is 12.8 Å². The Hall–Kier alpha value is -1.11. The topological polar surface area (TPSA) is 78.4 Å². The summed E-state index contributed by atoms with van der Waals surface area (Å²) in [4.78, 5) is 0. The Balaban J connectivity index is 2.46. The highest BCUT2D eigenvalue weighted by Crippen LogP contribution is 2.10. The van der Waals surface area contributed by atoms with E-state index in [2.05, 4.69) is 10.0 Å². The highest BCUT2D eigenvalue weighted by molar-refractivity contribution is 7.88. The molecular weight excluding hydrogens is 252 g/mol. The molecule has 0 fully saturated rings. The normalized spacial score (nSPS) is 12.6.